The standard InChI is InChI=1S/C14H12N4O2/c19-14(17-16-8-11-4-3-7-20-11)9-18-10-15-12-5-1-2-6-13(12)18/h1-8,10H,9H2,(H,17,19)/b16-8-. The van der Waals surface area contributed by atoms with Crippen molar-refractivity contribution in [2.24, 2.45) is 5.10 Å². The highest BCUT2D eigenvalue weighted by molar-refractivity contribution is 5.82. The van der Waals surface area contributed by atoms with E-state index in [9.17, 15) is 4.79 Å². The summed E-state index contributed by atoms with van der Waals surface area (Å²) in [6.07, 6.45) is 4.63. The maximum absolute atomic E-state index is 11.8. The normalized spacial score (nSPS) is 11.2. The van der Waals surface area contributed by atoms with Crippen molar-refractivity contribution in [1.82, 2.24) is 15.0 Å². The summed E-state index contributed by atoms with van der Waals surface area (Å²) >= 11 is 0. The number of fused-ring (bicyclic) bond motifs is 1. The number of hydrazone groups is 1. The molecule has 1 aromatic carbocycles. The molecule has 20 heavy (non-hydrogen) atoms. The number of imidazole rings is 1. The van der Waals surface area contributed by atoms with Crippen LogP contribution < -0.4 is 5.43 Å². The minimum Gasteiger partial charge on any atom is -0.463 e. The van der Waals surface area contributed by atoms with Gasteiger partial charge < -0.3 is 8.98 Å². The predicted molar refractivity (Wildman–Crippen MR) is 74.2 cm³/mol. The fourth-order valence-electron chi connectivity index (χ4n) is 1.86. The zero-order chi connectivity index (χ0) is 13.8. The third-order valence-corrected chi connectivity index (χ3v) is 2.77. The van der Waals surface area contributed by atoms with Crippen LogP contribution in [0.4, 0.5) is 0 Å². The number of hydrogen-bond donors (Lipinski definition) is 1. The van der Waals surface area contributed by atoms with Crippen molar-refractivity contribution in [3.63, 3.8) is 0 Å². The van der Waals surface area contributed by atoms with Gasteiger partial charge >= 0.3 is 0 Å². The number of aromatic nitrogens is 2. The molecule has 0 bridgehead atoms. The zero-order valence-corrected chi connectivity index (χ0v) is 10.6. The van der Waals surface area contributed by atoms with Crippen LogP contribution in [0.25, 0.3) is 11.0 Å². The molecule has 0 unspecified atom stereocenters. The first kappa shape index (κ1) is 12.2. The number of carbonyl (C=O) groups excluding carboxylic acids is 1. The highest BCUT2D eigenvalue weighted by atomic mass is 16.3. The molecule has 0 fully saturated rings. The number of benzene rings is 1. The molecular formula is C14H12N4O2. The highest BCUT2D eigenvalue weighted by Gasteiger charge is 2.05. The number of nitrogens with one attached hydrogen (secondary N) is 1. The summed E-state index contributed by atoms with van der Waals surface area (Å²) in [5.41, 5.74) is 4.22. The summed E-state index contributed by atoms with van der Waals surface area (Å²) in [5, 5.41) is 3.82. The van der Waals surface area contributed by atoms with Crippen LogP contribution in [0.2, 0.25) is 0 Å². The van der Waals surface area contributed by atoms with E-state index in [0.29, 0.717) is 5.76 Å². The molecule has 2 heterocycles. The molecule has 0 saturated heterocycles. The molecule has 1 amide bonds. The molecule has 100 valence electrons. The lowest BCUT2D eigenvalue weighted by Crippen LogP contribution is -2.22. The van der Waals surface area contributed by atoms with Gasteiger partial charge in [0.2, 0.25) is 0 Å². The molecule has 6 nitrogen and oxygen atoms in total. The van der Waals surface area contributed by atoms with Crippen molar-refractivity contribution in [2.75, 3.05) is 0 Å². The van der Waals surface area contributed by atoms with Gasteiger partial charge in [-0.1, -0.05) is 12.1 Å². The van der Waals surface area contributed by atoms with Crippen molar-refractivity contribution < 1.29 is 9.21 Å². The Bertz CT molecular complexity index is 743. The lowest BCUT2D eigenvalue weighted by Gasteiger charge is -2.02. The topological polar surface area (TPSA) is 72.4 Å². The van der Waals surface area contributed by atoms with Crippen molar-refractivity contribution in [2.45, 2.75) is 6.54 Å². The summed E-state index contributed by atoms with van der Waals surface area (Å²) in [6.45, 7) is 0.163. The van der Waals surface area contributed by atoms with E-state index in [1.807, 2.05) is 24.3 Å². The Balaban J connectivity index is 1.64. The van der Waals surface area contributed by atoms with Gasteiger partial charge in [0.05, 0.1) is 29.8 Å². The third kappa shape index (κ3) is 2.59. The second kappa shape index (κ2) is 5.40. The number of furan rings is 1. The van der Waals surface area contributed by atoms with Crippen LogP contribution in [0.15, 0.2) is 58.5 Å². The quantitative estimate of drug-likeness (QED) is 0.579. The first-order valence-corrected chi connectivity index (χ1v) is 6.08. The minimum atomic E-state index is -0.226. The minimum absolute atomic E-state index is 0.163. The van der Waals surface area contributed by atoms with E-state index in [-0.39, 0.29) is 12.5 Å². The van der Waals surface area contributed by atoms with E-state index in [4.69, 9.17) is 4.42 Å². The van der Waals surface area contributed by atoms with E-state index in [1.165, 1.54) is 6.21 Å². The van der Waals surface area contributed by atoms with Crippen molar-refractivity contribution >= 4 is 23.2 Å². The van der Waals surface area contributed by atoms with Crippen LogP contribution in [-0.4, -0.2) is 21.7 Å². The highest BCUT2D eigenvalue weighted by Crippen LogP contribution is 2.11. The molecule has 0 aliphatic carbocycles. The molecule has 6 heteroatoms. The monoisotopic (exact) mass is 268 g/mol. The molecule has 0 aliphatic heterocycles. The van der Waals surface area contributed by atoms with Gasteiger partial charge in [0, 0.05) is 0 Å². The summed E-state index contributed by atoms with van der Waals surface area (Å²) < 4.78 is 6.83. The second-order valence-corrected chi connectivity index (χ2v) is 4.17. The first-order valence-electron chi connectivity index (χ1n) is 6.08. The van der Waals surface area contributed by atoms with Gasteiger partial charge in [-0.25, -0.2) is 10.4 Å². The molecule has 0 atom stereocenters. The van der Waals surface area contributed by atoms with Crippen LogP contribution in [0.3, 0.4) is 0 Å². The summed E-state index contributed by atoms with van der Waals surface area (Å²) in [7, 11) is 0. The van der Waals surface area contributed by atoms with Crippen LogP contribution >= 0.6 is 0 Å². The van der Waals surface area contributed by atoms with Crippen LogP contribution in [0, 0.1) is 0 Å². The summed E-state index contributed by atoms with van der Waals surface area (Å²) in [5.74, 6) is 0.356. The van der Waals surface area contributed by atoms with E-state index < -0.39 is 0 Å². The Labute approximate surface area is 114 Å². The second-order valence-electron chi connectivity index (χ2n) is 4.17. The molecule has 1 N–H and O–H groups in total. The SMILES string of the molecule is O=C(Cn1cnc2ccccc21)N/N=C\c1ccco1. The summed E-state index contributed by atoms with van der Waals surface area (Å²) in [4.78, 5) is 16.0. The van der Waals surface area contributed by atoms with Crippen molar-refractivity contribution in [3.8, 4) is 0 Å². The average molecular weight is 268 g/mol. The van der Waals surface area contributed by atoms with Gasteiger partial charge in [0.15, 0.2) is 0 Å². The Morgan fingerprint density at radius 1 is 1.35 bits per heavy atom. The van der Waals surface area contributed by atoms with Crippen LogP contribution in [0.1, 0.15) is 5.76 Å². The largest absolute Gasteiger partial charge is 0.463 e. The molecular weight excluding hydrogens is 256 g/mol. The number of amides is 1. The van der Waals surface area contributed by atoms with Crippen molar-refractivity contribution in [3.05, 3.63) is 54.7 Å². The number of carbonyl (C=O) groups is 1. The molecule has 0 saturated carbocycles. The fraction of sp³-hybridized carbons (Fsp3) is 0.0714. The fourth-order valence-corrected chi connectivity index (χ4v) is 1.86. The molecule has 0 aliphatic rings. The van der Waals surface area contributed by atoms with Gasteiger partial charge in [0.1, 0.15) is 12.3 Å². The lowest BCUT2D eigenvalue weighted by atomic mass is 10.3. The predicted octanol–water partition coefficient (Wildman–Crippen LogP) is 1.78. The summed E-state index contributed by atoms with van der Waals surface area (Å²) in [6, 6.07) is 11.1. The molecule has 2 aromatic heterocycles. The van der Waals surface area contributed by atoms with Gasteiger partial charge in [-0.2, -0.15) is 5.10 Å². The molecule has 0 radical (unpaired) electrons. The van der Waals surface area contributed by atoms with Crippen LogP contribution in [0.5, 0.6) is 0 Å². The number of rotatable bonds is 4. The van der Waals surface area contributed by atoms with E-state index in [0.717, 1.165) is 11.0 Å². The Hall–Kier alpha value is -2.89. The van der Waals surface area contributed by atoms with Crippen molar-refractivity contribution in [1.29, 1.82) is 0 Å². The zero-order valence-electron chi connectivity index (χ0n) is 10.6. The van der Waals surface area contributed by atoms with E-state index >= 15 is 0 Å². The van der Waals surface area contributed by atoms with Gasteiger partial charge in [-0.15, -0.1) is 0 Å². The molecule has 3 aromatic rings. The molecule has 0 spiro atoms. The number of para-hydroxylation sites is 2. The number of hydrogen-bond acceptors (Lipinski definition) is 4. The van der Waals surface area contributed by atoms with E-state index in [1.54, 1.807) is 29.3 Å². The number of nitrogens with zero attached hydrogens (tertiary/aromatic N) is 3. The first-order chi connectivity index (χ1) is 9.83. The maximum atomic E-state index is 11.8. The lowest BCUT2D eigenvalue weighted by molar-refractivity contribution is -0.121. The van der Waals surface area contributed by atoms with Gasteiger partial charge in [-0.05, 0) is 24.3 Å². The third-order valence-electron chi connectivity index (χ3n) is 2.77. The Morgan fingerprint density at radius 2 is 2.25 bits per heavy atom. The van der Waals surface area contributed by atoms with Gasteiger partial charge in [0.25, 0.3) is 5.91 Å². The smallest absolute Gasteiger partial charge is 0.260 e. The molecule has 3 rings (SSSR count). The van der Waals surface area contributed by atoms with Crippen LogP contribution in [-0.2, 0) is 11.3 Å². The average Bonchev–Trinajstić information content (AvgIpc) is 3.09. The Morgan fingerprint density at radius 3 is 3.10 bits per heavy atom. The Kier molecular flexibility index (Phi) is 3.28. The van der Waals surface area contributed by atoms with Gasteiger partial charge in [-0.3, -0.25) is 4.79 Å². The van der Waals surface area contributed by atoms with E-state index in [2.05, 4.69) is 15.5 Å². The maximum Gasteiger partial charge on any atom is 0.260 e.